The number of thiazole rings is 1. The first-order chi connectivity index (χ1) is 9.54. The van der Waals surface area contributed by atoms with Gasteiger partial charge < -0.3 is 5.32 Å². The number of rotatable bonds is 5. The molecular formula is C15H18N2OS2. The minimum atomic E-state index is 0.0263. The Morgan fingerprint density at radius 1 is 1.25 bits per heavy atom. The van der Waals surface area contributed by atoms with Crippen LogP contribution in [-0.4, -0.2) is 16.6 Å². The molecular weight excluding hydrogens is 288 g/mol. The maximum atomic E-state index is 11.8. The van der Waals surface area contributed by atoms with Gasteiger partial charge in [0.05, 0.1) is 5.69 Å². The average molecular weight is 306 g/mol. The van der Waals surface area contributed by atoms with E-state index in [1.165, 1.54) is 21.8 Å². The highest BCUT2D eigenvalue weighted by atomic mass is 32.2. The molecule has 0 radical (unpaired) electrons. The first-order valence-corrected chi connectivity index (χ1v) is 8.28. The van der Waals surface area contributed by atoms with Gasteiger partial charge in [0.1, 0.15) is 0 Å². The van der Waals surface area contributed by atoms with Crippen molar-refractivity contribution in [2.75, 3.05) is 11.1 Å². The molecule has 1 amide bonds. The molecule has 2 aromatic rings. The van der Waals surface area contributed by atoms with Crippen molar-refractivity contribution in [2.45, 2.75) is 32.1 Å². The molecule has 1 heterocycles. The van der Waals surface area contributed by atoms with E-state index in [0.717, 1.165) is 16.3 Å². The summed E-state index contributed by atoms with van der Waals surface area (Å²) in [5, 5.41) is 3.55. The molecule has 0 aliphatic heterocycles. The van der Waals surface area contributed by atoms with Crippen LogP contribution in [0.1, 0.15) is 22.6 Å². The Balaban J connectivity index is 1.76. The van der Waals surface area contributed by atoms with Gasteiger partial charge in [-0.15, -0.1) is 23.1 Å². The van der Waals surface area contributed by atoms with Gasteiger partial charge in [-0.1, -0.05) is 17.7 Å². The Kier molecular flexibility index (Phi) is 5.20. The lowest BCUT2D eigenvalue weighted by molar-refractivity contribution is -0.115. The van der Waals surface area contributed by atoms with E-state index < -0.39 is 0 Å². The van der Waals surface area contributed by atoms with Crippen molar-refractivity contribution in [3.05, 3.63) is 40.4 Å². The number of thioether (sulfide) groups is 1. The number of carbonyl (C=O) groups excluding carboxylic acids is 1. The minimum absolute atomic E-state index is 0.0263. The van der Waals surface area contributed by atoms with Crippen molar-refractivity contribution in [3.8, 4) is 0 Å². The number of carbonyl (C=O) groups is 1. The summed E-state index contributed by atoms with van der Waals surface area (Å²) in [4.78, 5) is 18.5. The largest absolute Gasteiger partial charge is 0.302 e. The molecule has 0 atom stereocenters. The van der Waals surface area contributed by atoms with E-state index >= 15 is 0 Å². The molecule has 0 fully saturated rings. The fourth-order valence-electron chi connectivity index (χ4n) is 1.60. The summed E-state index contributed by atoms with van der Waals surface area (Å²) >= 11 is 3.22. The normalized spacial score (nSPS) is 10.6. The van der Waals surface area contributed by atoms with Crippen LogP contribution in [0.15, 0.2) is 29.2 Å². The van der Waals surface area contributed by atoms with Crippen molar-refractivity contribution in [1.82, 2.24) is 4.98 Å². The van der Waals surface area contributed by atoms with Crippen molar-refractivity contribution >= 4 is 34.1 Å². The van der Waals surface area contributed by atoms with E-state index in [0.29, 0.717) is 11.6 Å². The number of aromatic nitrogens is 1. The highest BCUT2D eigenvalue weighted by Gasteiger charge is 2.07. The maximum absolute atomic E-state index is 11.8. The predicted molar refractivity (Wildman–Crippen MR) is 86.7 cm³/mol. The van der Waals surface area contributed by atoms with Crippen LogP contribution in [0.3, 0.4) is 0 Å². The van der Waals surface area contributed by atoms with Crippen molar-refractivity contribution in [1.29, 1.82) is 0 Å². The van der Waals surface area contributed by atoms with Gasteiger partial charge in [-0.25, -0.2) is 4.98 Å². The van der Waals surface area contributed by atoms with Crippen LogP contribution < -0.4 is 5.32 Å². The zero-order chi connectivity index (χ0) is 14.5. The van der Waals surface area contributed by atoms with Crippen LogP contribution in [0.25, 0.3) is 0 Å². The minimum Gasteiger partial charge on any atom is -0.302 e. The molecule has 0 spiro atoms. The summed E-state index contributed by atoms with van der Waals surface area (Å²) in [7, 11) is 0. The quantitative estimate of drug-likeness (QED) is 0.842. The van der Waals surface area contributed by atoms with Gasteiger partial charge in [0, 0.05) is 21.9 Å². The second kappa shape index (κ2) is 6.90. The van der Waals surface area contributed by atoms with Gasteiger partial charge >= 0.3 is 0 Å². The van der Waals surface area contributed by atoms with Crippen LogP contribution in [0.4, 0.5) is 5.13 Å². The number of hydrogen-bond acceptors (Lipinski definition) is 4. The van der Waals surface area contributed by atoms with Crippen molar-refractivity contribution < 1.29 is 4.79 Å². The first kappa shape index (κ1) is 15.1. The molecule has 1 aromatic carbocycles. The molecule has 1 N–H and O–H groups in total. The van der Waals surface area contributed by atoms with Gasteiger partial charge in [-0.3, -0.25) is 4.79 Å². The molecule has 106 valence electrons. The second-order valence-corrected chi connectivity index (χ2v) is 6.99. The van der Waals surface area contributed by atoms with Gasteiger partial charge in [-0.2, -0.15) is 0 Å². The number of nitrogens with zero attached hydrogens (tertiary/aromatic N) is 1. The van der Waals surface area contributed by atoms with E-state index in [9.17, 15) is 4.79 Å². The van der Waals surface area contributed by atoms with Crippen LogP contribution >= 0.6 is 23.1 Å². The fourth-order valence-corrected chi connectivity index (χ4v) is 3.29. The Labute approximate surface area is 127 Å². The lowest BCUT2D eigenvalue weighted by Gasteiger charge is -2.03. The molecule has 1 aromatic heterocycles. The molecule has 2 rings (SSSR count). The van der Waals surface area contributed by atoms with Gasteiger partial charge in [0.2, 0.25) is 5.91 Å². The molecule has 0 unspecified atom stereocenters. The van der Waals surface area contributed by atoms with Crippen LogP contribution in [-0.2, 0) is 4.79 Å². The van der Waals surface area contributed by atoms with Gasteiger partial charge in [0.15, 0.2) is 5.13 Å². The van der Waals surface area contributed by atoms with Crippen molar-refractivity contribution in [2.24, 2.45) is 0 Å². The fraction of sp³-hybridized carbons (Fsp3) is 0.333. The first-order valence-electron chi connectivity index (χ1n) is 6.48. The molecule has 0 aliphatic carbocycles. The standard InChI is InChI=1S/C15H18N2OS2/c1-10-4-6-13(7-5-10)19-9-8-14(18)17-15-16-11(2)12(3)20-15/h4-7H,8-9H2,1-3H3,(H,16,17,18). The Morgan fingerprint density at radius 2 is 1.95 bits per heavy atom. The highest BCUT2D eigenvalue weighted by molar-refractivity contribution is 7.99. The third-order valence-corrected chi connectivity index (χ3v) is 4.90. The maximum Gasteiger partial charge on any atom is 0.226 e. The molecule has 0 saturated carbocycles. The third kappa shape index (κ3) is 4.35. The number of hydrogen-bond donors (Lipinski definition) is 1. The Hall–Kier alpha value is -1.33. The van der Waals surface area contributed by atoms with E-state index in [1.807, 2.05) is 13.8 Å². The summed E-state index contributed by atoms with van der Waals surface area (Å²) in [6, 6.07) is 8.35. The number of anilines is 1. The van der Waals surface area contributed by atoms with Crippen LogP contribution in [0.5, 0.6) is 0 Å². The summed E-state index contributed by atoms with van der Waals surface area (Å²) < 4.78 is 0. The summed E-state index contributed by atoms with van der Waals surface area (Å²) in [5.41, 5.74) is 2.24. The molecule has 5 heteroatoms. The highest BCUT2D eigenvalue weighted by Crippen LogP contribution is 2.22. The summed E-state index contributed by atoms with van der Waals surface area (Å²) in [6.07, 6.45) is 0.496. The summed E-state index contributed by atoms with van der Waals surface area (Å²) in [6.45, 7) is 6.03. The van der Waals surface area contributed by atoms with Gasteiger partial charge in [-0.05, 0) is 32.9 Å². The van der Waals surface area contributed by atoms with E-state index in [1.54, 1.807) is 11.8 Å². The number of amides is 1. The average Bonchev–Trinajstić information content (AvgIpc) is 2.70. The summed E-state index contributed by atoms with van der Waals surface area (Å²) in [5.74, 6) is 0.802. The lowest BCUT2D eigenvalue weighted by Crippen LogP contribution is -2.11. The number of benzene rings is 1. The zero-order valence-corrected chi connectivity index (χ0v) is 13.5. The lowest BCUT2D eigenvalue weighted by atomic mass is 10.2. The molecule has 20 heavy (non-hydrogen) atoms. The molecule has 0 bridgehead atoms. The topological polar surface area (TPSA) is 42.0 Å². The smallest absolute Gasteiger partial charge is 0.226 e. The number of aryl methyl sites for hydroxylation is 3. The van der Waals surface area contributed by atoms with Gasteiger partial charge in [0.25, 0.3) is 0 Å². The zero-order valence-electron chi connectivity index (χ0n) is 11.9. The van der Waals surface area contributed by atoms with Crippen LogP contribution in [0.2, 0.25) is 0 Å². The molecule has 3 nitrogen and oxygen atoms in total. The van der Waals surface area contributed by atoms with E-state index in [4.69, 9.17) is 0 Å². The third-order valence-electron chi connectivity index (χ3n) is 2.89. The molecule has 0 saturated heterocycles. The Bertz CT molecular complexity index is 571. The number of nitrogens with one attached hydrogen (secondary N) is 1. The van der Waals surface area contributed by atoms with Crippen LogP contribution in [0, 0.1) is 20.8 Å². The second-order valence-electron chi connectivity index (χ2n) is 4.62. The van der Waals surface area contributed by atoms with Crippen molar-refractivity contribution in [3.63, 3.8) is 0 Å². The molecule has 0 aliphatic rings. The SMILES string of the molecule is Cc1ccc(SCCC(=O)Nc2nc(C)c(C)s2)cc1. The monoisotopic (exact) mass is 306 g/mol. The van der Waals surface area contributed by atoms with E-state index in [-0.39, 0.29) is 5.91 Å². The van der Waals surface area contributed by atoms with E-state index in [2.05, 4.69) is 41.5 Å². The Morgan fingerprint density at radius 3 is 2.55 bits per heavy atom. The predicted octanol–water partition coefficient (Wildman–Crippen LogP) is 4.19.